The Kier molecular flexibility index (Phi) is 7.48. The van der Waals surface area contributed by atoms with Crippen molar-refractivity contribution in [3.63, 3.8) is 0 Å². The van der Waals surface area contributed by atoms with E-state index in [1.807, 2.05) is 4.90 Å². The second kappa shape index (κ2) is 10.6. The van der Waals surface area contributed by atoms with Gasteiger partial charge < -0.3 is 19.5 Å². The molecule has 1 amide bonds. The summed E-state index contributed by atoms with van der Waals surface area (Å²) in [5.41, 5.74) is 0.351. The average Bonchev–Trinajstić information content (AvgIpc) is 3.38. The molecule has 4 rings (SSSR count). The Hall–Kier alpha value is -3.61. The number of anilines is 2. The van der Waals surface area contributed by atoms with E-state index >= 15 is 0 Å². The van der Waals surface area contributed by atoms with Gasteiger partial charge in [-0.3, -0.25) is 9.78 Å². The summed E-state index contributed by atoms with van der Waals surface area (Å²) in [4.78, 5) is 19.3. The van der Waals surface area contributed by atoms with E-state index in [2.05, 4.69) is 20.5 Å². The van der Waals surface area contributed by atoms with Crippen LogP contribution in [0.25, 0.3) is 11.5 Å². The van der Waals surface area contributed by atoms with Gasteiger partial charge in [-0.05, 0) is 56.3 Å². The third kappa shape index (κ3) is 5.61. The third-order valence-corrected chi connectivity index (χ3v) is 6.01. The smallest absolute Gasteiger partial charge is 0.415 e. The van der Waals surface area contributed by atoms with Crippen molar-refractivity contribution < 1.29 is 31.2 Å². The largest absolute Gasteiger partial charge is 0.416 e. The molecular weight excluding hydrogens is 487 g/mol. The molecule has 0 spiro atoms. The van der Waals surface area contributed by atoms with Gasteiger partial charge in [0.15, 0.2) is 0 Å². The predicted molar refractivity (Wildman–Crippen MR) is 120 cm³/mol. The molecule has 1 saturated heterocycles. The molecule has 1 aromatic carbocycles. The van der Waals surface area contributed by atoms with Crippen molar-refractivity contribution in [2.75, 3.05) is 29.9 Å². The van der Waals surface area contributed by atoms with Crippen molar-refractivity contribution in [3.8, 4) is 11.5 Å². The molecule has 1 aliphatic heterocycles. The molecular formula is C23H23F5N6O2. The van der Waals surface area contributed by atoms with E-state index in [0.717, 1.165) is 43.0 Å². The lowest BCUT2D eigenvalue weighted by Gasteiger charge is -2.36. The first kappa shape index (κ1) is 25.5. The van der Waals surface area contributed by atoms with Gasteiger partial charge in [0.2, 0.25) is 12.3 Å². The van der Waals surface area contributed by atoms with E-state index in [4.69, 9.17) is 4.42 Å². The van der Waals surface area contributed by atoms with E-state index < -0.39 is 24.1 Å². The van der Waals surface area contributed by atoms with Crippen molar-refractivity contribution in [1.29, 1.82) is 0 Å². The van der Waals surface area contributed by atoms with Crippen LogP contribution in [0.3, 0.4) is 0 Å². The number of halogens is 5. The van der Waals surface area contributed by atoms with Crippen LogP contribution >= 0.6 is 0 Å². The number of piperidine rings is 1. The zero-order valence-corrected chi connectivity index (χ0v) is 19.2. The summed E-state index contributed by atoms with van der Waals surface area (Å²) in [6.07, 6.45) is -4.12. The molecule has 1 N–H and O–H groups in total. The first-order chi connectivity index (χ1) is 17.2. The Balaban J connectivity index is 1.62. The maximum Gasteiger partial charge on any atom is 0.416 e. The van der Waals surface area contributed by atoms with E-state index in [-0.39, 0.29) is 29.7 Å². The fraction of sp³-hybridized carbons (Fsp3) is 0.391. The van der Waals surface area contributed by atoms with Gasteiger partial charge in [-0.15, -0.1) is 10.2 Å². The zero-order chi connectivity index (χ0) is 25.9. The number of hydrogen-bond acceptors (Lipinski definition) is 7. The quantitative estimate of drug-likeness (QED) is 0.354. The van der Waals surface area contributed by atoms with Gasteiger partial charge in [-0.25, -0.2) is 0 Å². The topological polar surface area (TPSA) is 87.4 Å². The minimum Gasteiger partial charge on any atom is -0.415 e. The van der Waals surface area contributed by atoms with Crippen LogP contribution in [0.2, 0.25) is 0 Å². The summed E-state index contributed by atoms with van der Waals surface area (Å²) in [6, 6.07) is 6.43. The summed E-state index contributed by atoms with van der Waals surface area (Å²) in [5, 5.41) is 10.1. The number of pyridine rings is 1. The van der Waals surface area contributed by atoms with Crippen LogP contribution in [0.15, 0.2) is 40.9 Å². The lowest BCUT2D eigenvalue weighted by atomic mass is 10.0. The van der Waals surface area contributed by atoms with Crippen LogP contribution in [-0.2, 0) is 17.5 Å². The Morgan fingerprint density at radius 1 is 1.14 bits per heavy atom. The van der Waals surface area contributed by atoms with Gasteiger partial charge in [-0.2, -0.15) is 22.0 Å². The summed E-state index contributed by atoms with van der Waals surface area (Å²) in [5.74, 6) is -0.975. The first-order valence-electron chi connectivity index (χ1n) is 11.1. The second-order valence-electron chi connectivity index (χ2n) is 8.31. The van der Waals surface area contributed by atoms with Crippen molar-refractivity contribution in [2.45, 2.75) is 38.0 Å². The summed E-state index contributed by atoms with van der Waals surface area (Å²) in [6.45, 7) is 1.46. The molecule has 1 aliphatic rings. The highest BCUT2D eigenvalue weighted by Crippen LogP contribution is 2.38. The Morgan fingerprint density at radius 3 is 2.47 bits per heavy atom. The zero-order valence-electron chi connectivity index (χ0n) is 19.2. The molecule has 13 heteroatoms. The molecule has 8 nitrogen and oxygen atoms in total. The van der Waals surface area contributed by atoms with Gasteiger partial charge >= 0.3 is 12.6 Å². The molecule has 2 aromatic heterocycles. The average molecular weight is 510 g/mol. The number of nitrogens with one attached hydrogen (secondary N) is 1. The maximum atomic E-state index is 13.5. The number of benzene rings is 1. The minimum absolute atomic E-state index is 0.0974. The molecule has 0 atom stereocenters. The number of rotatable bonds is 8. The predicted octanol–water partition coefficient (Wildman–Crippen LogP) is 4.44. The molecule has 0 aliphatic carbocycles. The molecule has 36 heavy (non-hydrogen) atoms. The fourth-order valence-electron chi connectivity index (χ4n) is 4.06. The number of carbonyl (C=O) groups excluding carboxylic acids is 1. The van der Waals surface area contributed by atoms with Crippen molar-refractivity contribution in [1.82, 2.24) is 20.5 Å². The molecule has 0 radical (unpaired) electrons. The fourth-order valence-corrected chi connectivity index (χ4v) is 4.06. The van der Waals surface area contributed by atoms with Gasteiger partial charge in [0, 0.05) is 19.3 Å². The van der Waals surface area contributed by atoms with Crippen molar-refractivity contribution in [3.05, 3.63) is 53.7 Å². The second-order valence-corrected chi connectivity index (χ2v) is 8.31. The number of nitrogens with zero attached hydrogens (tertiary/aromatic N) is 5. The Morgan fingerprint density at radius 2 is 1.89 bits per heavy atom. The van der Waals surface area contributed by atoms with Crippen LogP contribution in [-0.4, -0.2) is 47.8 Å². The minimum atomic E-state index is -4.59. The maximum absolute atomic E-state index is 13.5. The summed E-state index contributed by atoms with van der Waals surface area (Å²) < 4.78 is 70.8. The monoisotopic (exact) mass is 510 g/mol. The van der Waals surface area contributed by atoms with Gasteiger partial charge in [0.25, 0.3) is 5.89 Å². The van der Waals surface area contributed by atoms with Crippen LogP contribution in [0, 0.1) is 0 Å². The SMILES string of the molecule is CN(c1ccc(C(F)(F)F)cc1N(C=O)Cc1ccc(-c2nnc(C(F)F)o2)cn1)C1CCNCC1. The summed E-state index contributed by atoms with van der Waals surface area (Å²) in [7, 11) is 1.80. The molecule has 0 unspecified atom stereocenters. The number of hydrogen-bond donors (Lipinski definition) is 1. The molecule has 1 fully saturated rings. The highest BCUT2D eigenvalue weighted by atomic mass is 19.4. The van der Waals surface area contributed by atoms with Crippen molar-refractivity contribution in [2.24, 2.45) is 0 Å². The van der Waals surface area contributed by atoms with Crippen molar-refractivity contribution >= 4 is 17.8 Å². The number of aromatic nitrogens is 3. The number of amides is 1. The van der Waals surface area contributed by atoms with Crippen LogP contribution in [0.5, 0.6) is 0 Å². The molecule has 3 aromatic rings. The molecule has 192 valence electrons. The van der Waals surface area contributed by atoms with Crippen LogP contribution in [0.1, 0.15) is 36.4 Å². The van der Waals surface area contributed by atoms with Gasteiger partial charge in [-0.1, -0.05) is 0 Å². The first-order valence-corrected chi connectivity index (χ1v) is 11.1. The lowest BCUT2D eigenvalue weighted by molar-refractivity contribution is -0.137. The highest BCUT2D eigenvalue weighted by molar-refractivity contribution is 5.84. The standard InChI is InChI=1S/C23H23F5N6O2/c1-33(17-6-8-29-9-7-17)18-5-3-15(23(26,27)28)10-19(18)34(13-35)12-16-4-2-14(11-30-16)21-31-32-22(36-21)20(24)25/h2-5,10-11,13,17,20,29H,6-9,12H2,1H3. The van der Waals surface area contributed by atoms with E-state index in [9.17, 15) is 26.7 Å². The lowest BCUT2D eigenvalue weighted by Crippen LogP contribution is -2.41. The van der Waals surface area contributed by atoms with Crippen LogP contribution in [0.4, 0.5) is 33.3 Å². The third-order valence-electron chi connectivity index (χ3n) is 6.01. The van der Waals surface area contributed by atoms with E-state index in [0.29, 0.717) is 17.8 Å². The summed E-state index contributed by atoms with van der Waals surface area (Å²) >= 11 is 0. The Bertz CT molecular complexity index is 1180. The van der Waals surface area contributed by atoms with E-state index in [1.165, 1.54) is 24.4 Å². The van der Waals surface area contributed by atoms with E-state index in [1.54, 1.807) is 7.05 Å². The normalized spacial score (nSPS) is 14.8. The molecule has 0 saturated carbocycles. The van der Waals surface area contributed by atoms with Gasteiger partial charge in [0.1, 0.15) is 0 Å². The Labute approximate surface area is 203 Å². The van der Waals surface area contributed by atoms with Crippen LogP contribution < -0.4 is 15.1 Å². The molecule has 3 heterocycles. The number of alkyl halides is 5. The highest BCUT2D eigenvalue weighted by Gasteiger charge is 2.33. The number of carbonyl (C=O) groups is 1. The van der Waals surface area contributed by atoms with Gasteiger partial charge in [0.05, 0.1) is 34.7 Å². The molecule has 0 bridgehead atoms.